The van der Waals surface area contributed by atoms with Gasteiger partial charge in [0.05, 0.1) is 5.39 Å². The Labute approximate surface area is 173 Å². The second-order valence-electron chi connectivity index (χ2n) is 7.47. The lowest BCUT2D eigenvalue weighted by Gasteiger charge is -2.22. The maximum atomic E-state index is 12.8. The van der Waals surface area contributed by atoms with Gasteiger partial charge in [0.1, 0.15) is 5.65 Å². The van der Waals surface area contributed by atoms with E-state index >= 15 is 0 Å². The Morgan fingerprint density at radius 1 is 1.20 bits per heavy atom. The molecular formula is C23H23N3O4. The van der Waals surface area contributed by atoms with Crippen LogP contribution in [0.1, 0.15) is 34.3 Å². The molecular weight excluding hydrogens is 382 g/mol. The number of ether oxygens (including phenoxy) is 1. The van der Waals surface area contributed by atoms with E-state index in [1.165, 1.54) is 10.8 Å². The number of nitrogens with zero attached hydrogens (tertiary/aromatic N) is 2. The van der Waals surface area contributed by atoms with E-state index in [4.69, 9.17) is 4.74 Å². The Kier molecular flexibility index (Phi) is 5.72. The number of rotatable bonds is 6. The fraction of sp³-hybridized carbons (Fsp3) is 0.304. The summed E-state index contributed by atoms with van der Waals surface area (Å²) in [7, 11) is 1.59. The number of nitrogens with one attached hydrogen (secondary N) is 1. The van der Waals surface area contributed by atoms with Gasteiger partial charge in [-0.3, -0.25) is 19.1 Å². The molecule has 0 saturated heterocycles. The summed E-state index contributed by atoms with van der Waals surface area (Å²) >= 11 is 0. The number of ketones is 1. The Bertz CT molecular complexity index is 1220. The van der Waals surface area contributed by atoms with Crippen molar-refractivity contribution in [1.29, 1.82) is 0 Å². The highest BCUT2D eigenvalue weighted by Crippen LogP contribution is 2.30. The summed E-state index contributed by atoms with van der Waals surface area (Å²) in [5.74, 6) is -0.0611. The zero-order chi connectivity index (χ0) is 21.1. The van der Waals surface area contributed by atoms with Crippen molar-refractivity contribution in [3.05, 3.63) is 80.1 Å². The second kappa shape index (κ2) is 8.59. The van der Waals surface area contributed by atoms with Crippen molar-refractivity contribution in [1.82, 2.24) is 14.5 Å². The summed E-state index contributed by atoms with van der Waals surface area (Å²) in [5, 5.41) is 0.329. The fourth-order valence-electron chi connectivity index (χ4n) is 3.96. The van der Waals surface area contributed by atoms with Crippen LogP contribution in [-0.2, 0) is 17.7 Å². The van der Waals surface area contributed by atoms with Crippen LogP contribution in [-0.4, -0.2) is 34.0 Å². The quantitative estimate of drug-likeness (QED) is 0.636. The Morgan fingerprint density at radius 3 is 2.77 bits per heavy atom. The number of hydrogen-bond acceptors (Lipinski definition) is 5. The number of aryl methyl sites for hydroxylation is 1. The smallest absolute Gasteiger partial charge is 0.329 e. The van der Waals surface area contributed by atoms with Crippen LogP contribution in [0.15, 0.2) is 52.2 Å². The van der Waals surface area contributed by atoms with Crippen molar-refractivity contribution in [2.75, 3.05) is 13.7 Å². The number of methoxy groups -OCH3 is 1. The second-order valence-corrected chi connectivity index (χ2v) is 7.47. The molecule has 0 fully saturated rings. The van der Waals surface area contributed by atoms with Gasteiger partial charge in [0, 0.05) is 38.4 Å². The van der Waals surface area contributed by atoms with Crippen molar-refractivity contribution < 1.29 is 9.53 Å². The molecule has 0 aliphatic heterocycles. The van der Waals surface area contributed by atoms with Crippen molar-refractivity contribution in [3.63, 3.8) is 0 Å². The van der Waals surface area contributed by atoms with Gasteiger partial charge in [-0.1, -0.05) is 42.5 Å². The fourth-order valence-corrected chi connectivity index (χ4v) is 3.96. The highest BCUT2D eigenvalue weighted by molar-refractivity contribution is 6.02. The van der Waals surface area contributed by atoms with Crippen LogP contribution in [0.4, 0.5) is 0 Å². The topological polar surface area (TPSA) is 94.1 Å². The molecule has 154 valence electrons. The van der Waals surface area contributed by atoms with Gasteiger partial charge >= 0.3 is 5.69 Å². The molecule has 0 radical (unpaired) electrons. The first-order valence-electron chi connectivity index (χ1n) is 9.98. The molecule has 3 aromatic rings. The number of aromatic nitrogens is 3. The van der Waals surface area contributed by atoms with Gasteiger partial charge in [-0.05, 0) is 29.9 Å². The van der Waals surface area contributed by atoms with Gasteiger partial charge in [-0.2, -0.15) is 0 Å². The average Bonchev–Trinajstić information content (AvgIpc) is 2.74. The predicted molar refractivity (Wildman–Crippen MR) is 115 cm³/mol. The number of benzene rings is 1. The van der Waals surface area contributed by atoms with Gasteiger partial charge in [-0.25, -0.2) is 9.78 Å². The predicted octanol–water partition coefficient (Wildman–Crippen LogP) is 2.58. The Morgan fingerprint density at radius 2 is 2.00 bits per heavy atom. The zero-order valence-corrected chi connectivity index (χ0v) is 16.8. The lowest BCUT2D eigenvalue weighted by Crippen LogP contribution is -2.33. The highest BCUT2D eigenvalue weighted by atomic mass is 16.5. The molecule has 4 rings (SSSR count). The molecule has 1 aromatic carbocycles. The van der Waals surface area contributed by atoms with E-state index in [-0.39, 0.29) is 11.7 Å². The molecule has 0 unspecified atom stereocenters. The summed E-state index contributed by atoms with van der Waals surface area (Å²) < 4.78 is 6.51. The van der Waals surface area contributed by atoms with Gasteiger partial charge in [0.2, 0.25) is 0 Å². The molecule has 7 heteroatoms. The monoisotopic (exact) mass is 405 g/mol. The third-order valence-electron chi connectivity index (χ3n) is 5.42. The van der Waals surface area contributed by atoms with Crippen molar-refractivity contribution >= 4 is 22.9 Å². The SMILES string of the molecule is COCCCn1c(=O)[nH]c(=O)c2c3c(cnc21)C(=O)C[C@H](/C=C/c1ccccc1)C3. The molecule has 1 N–H and O–H groups in total. The zero-order valence-electron chi connectivity index (χ0n) is 16.8. The maximum absolute atomic E-state index is 12.8. The summed E-state index contributed by atoms with van der Waals surface area (Å²) in [6.07, 6.45) is 7.04. The van der Waals surface area contributed by atoms with Crippen molar-refractivity contribution in [2.45, 2.75) is 25.8 Å². The number of hydrogen-bond donors (Lipinski definition) is 1. The van der Waals surface area contributed by atoms with Crippen LogP contribution in [0, 0.1) is 5.92 Å². The molecule has 30 heavy (non-hydrogen) atoms. The minimum atomic E-state index is -0.501. The number of carbonyl (C=O) groups is 1. The molecule has 2 heterocycles. The normalized spacial score (nSPS) is 16.3. The number of fused-ring (bicyclic) bond motifs is 3. The van der Waals surface area contributed by atoms with Crippen molar-refractivity contribution in [3.8, 4) is 0 Å². The van der Waals surface area contributed by atoms with E-state index in [9.17, 15) is 14.4 Å². The molecule has 0 bridgehead atoms. The Balaban J connectivity index is 1.76. The van der Waals surface area contributed by atoms with Gasteiger partial charge in [0.15, 0.2) is 5.78 Å². The number of aromatic amines is 1. The van der Waals surface area contributed by atoms with E-state index in [1.54, 1.807) is 7.11 Å². The first-order valence-corrected chi connectivity index (χ1v) is 9.98. The molecule has 1 atom stereocenters. The number of allylic oxidation sites excluding steroid dienone is 1. The largest absolute Gasteiger partial charge is 0.385 e. The minimum Gasteiger partial charge on any atom is -0.385 e. The van der Waals surface area contributed by atoms with E-state index < -0.39 is 11.2 Å². The van der Waals surface area contributed by atoms with Crippen LogP contribution in [0.3, 0.4) is 0 Å². The van der Waals surface area contributed by atoms with Crippen LogP contribution in [0.5, 0.6) is 0 Å². The summed E-state index contributed by atoms with van der Waals surface area (Å²) in [6, 6.07) is 9.87. The summed E-state index contributed by atoms with van der Waals surface area (Å²) in [6.45, 7) is 0.861. The van der Waals surface area contributed by atoms with E-state index in [0.717, 1.165) is 5.56 Å². The van der Waals surface area contributed by atoms with Crippen LogP contribution < -0.4 is 11.2 Å². The number of pyridine rings is 1. The molecule has 2 aromatic heterocycles. The lowest BCUT2D eigenvalue weighted by molar-refractivity contribution is 0.0959. The average molecular weight is 405 g/mol. The van der Waals surface area contributed by atoms with E-state index in [0.29, 0.717) is 54.6 Å². The van der Waals surface area contributed by atoms with Gasteiger partial charge < -0.3 is 4.74 Å². The summed E-state index contributed by atoms with van der Waals surface area (Å²) in [5.41, 5.74) is 1.51. The molecule has 1 aliphatic carbocycles. The lowest BCUT2D eigenvalue weighted by atomic mass is 9.82. The summed E-state index contributed by atoms with van der Waals surface area (Å²) in [4.78, 5) is 44.5. The maximum Gasteiger partial charge on any atom is 0.329 e. The van der Waals surface area contributed by atoms with Crippen molar-refractivity contribution in [2.24, 2.45) is 5.92 Å². The Hall–Kier alpha value is -3.32. The number of carbonyl (C=O) groups excluding carboxylic acids is 1. The van der Waals surface area contributed by atoms with E-state index in [1.807, 2.05) is 42.5 Å². The third-order valence-corrected chi connectivity index (χ3v) is 5.42. The van der Waals surface area contributed by atoms with E-state index in [2.05, 4.69) is 9.97 Å². The molecule has 0 amide bonds. The highest BCUT2D eigenvalue weighted by Gasteiger charge is 2.28. The van der Waals surface area contributed by atoms with Crippen LogP contribution in [0.25, 0.3) is 17.1 Å². The number of H-pyrrole nitrogens is 1. The molecule has 1 aliphatic rings. The molecule has 7 nitrogen and oxygen atoms in total. The standard InChI is InChI=1S/C23H23N3O4/c1-30-11-5-10-26-21-20(22(28)25-23(26)29)17-12-16(13-19(27)18(17)14-24-21)9-8-15-6-3-2-4-7-15/h2-4,6-9,14,16H,5,10-13H2,1H3,(H,25,28,29)/b9-8+/t16-/m1/s1. The number of Topliss-reactive ketones (excluding diaryl/α,β-unsaturated/α-hetero) is 1. The molecule has 0 saturated carbocycles. The van der Waals surface area contributed by atoms with Crippen LogP contribution >= 0.6 is 0 Å². The van der Waals surface area contributed by atoms with Gasteiger partial charge in [0.25, 0.3) is 5.56 Å². The van der Waals surface area contributed by atoms with Crippen LogP contribution in [0.2, 0.25) is 0 Å². The minimum absolute atomic E-state index is 0.0240. The van der Waals surface area contributed by atoms with Gasteiger partial charge in [-0.15, -0.1) is 0 Å². The molecule has 0 spiro atoms. The third kappa shape index (κ3) is 3.89. The first-order chi connectivity index (χ1) is 14.6. The first kappa shape index (κ1) is 20.0.